The van der Waals surface area contributed by atoms with Gasteiger partial charge in [-0.1, -0.05) is 20.3 Å². The topological polar surface area (TPSA) is 81.7 Å². The van der Waals surface area contributed by atoms with E-state index < -0.39 is 34.1 Å². The lowest BCUT2D eigenvalue weighted by atomic mass is 10.00. The number of halogens is 3. The Labute approximate surface area is 150 Å². The second kappa shape index (κ2) is 9.22. The zero-order chi connectivity index (χ0) is 20.0. The normalized spacial score (nSPS) is 14.5. The Kier molecular flexibility index (Phi) is 7.88. The van der Waals surface area contributed by atoms with Crippen LogP contribution in [0.1, 0.15) is 33.6 Å². The Balaban J connectivity index is 2.97. The number of ether oxygens (including phenoxy) is 2. The molecule has 2 atom stereocenters. The van der Waals surface area contributed by atoms with Crippen molar-refractivity contribution in [3.8, 4) is 5.75 Å². The average Bonchev–Trinajstić information content (AvgIpc) is 2.53. The second-order valence-electron chi connectivity index (χ2n) is 5.69. The van der Waals surface area contributed by atoms with Gasteiger partial charge in [-0.15, -0.1) is 13.2 Å². The SMILES string of the molecule is CCOC(=O)[C@H](CC(C)CC)NS(=O)(=O)c1ccc(OC(F)(F)F)cc1. The van der Waals surface area contributed by atoms with E-state index >= 15 is 0 Å². The van der Waals surface area contributed by atoms with Crippen LogP contribution in [-0.4, -0.2) is 33.4 Å². The molecule has 1 aromatic carbocycles. The lowest BCUT2D eigenvalue weighted by molar-refractivity contribution is -0.274. The summed E-state index contributed by atoms with van der Waals surface area (Å²) < 4.78 is 72.2. The van der Waals surface area contributed by atoms with Gasteiger partial charge in [0, 0.05) is 0 Å². The highest BCUT2D eigenvalue weighted by molar-refractivity contribution is 7.89. The van der Waals surface area contributed by atoms with Gasteiger partial charge in [-0.2, -0.15) is 4.72 Å². The number of hydrogen-bond acceptors (Lipinski definition) is 5. The van der Waals surface area contributed by atoms with Crippen molar-refractivity contribution >= 4 is 16.0 Å². The van der Waals surface area contributed by atoms with Gasteiger partial charge in [0.25, 0.3) is 0 Å². The van der Waals surface area contributed by atoms with E-state index in [0.717, 1.165) is 30.7 Å². The van der Waals surface area contributed by atoms with Crippen LogP contribution >= 0.6 is 0 Å². The molecule has 10 heteroatoms. The number of rotatable bonds is 9. The van der Waals surface area contributed by atoms with Gasteiger partial charge < -0.3 is 9.47 Å². The highest BCUT2D eigenvalue weighted by atomic mass is 32.2. The zero-order valence-electron chi connectivity index (χ0n) is 14.7. The molecule has 0 saturated carbocycles. The Morgan fingerprint density at radius 1 is 1.19 bits per heavy atom. The highest BCUT2D eigenvalue weighted by Gasteiger charge is 2.32. The fourth-order valence-corrected chi connectivity index (χ4v) is 3.28. The number of alkyl halides is 3. The summed E-state index contributed by atoms with van der Waals surface area (Å²) in [5.41, 5.74) is 0. The van der Waals surface area contributed by atoms with Gasteiger partial charge in [-0.3, -0.25) is 4.79 Å². The third-order valence-electron chi connectivity index (χ3n) is 3.57. The number of carbonyl (C=O) groups excluding carboxylic acids is 1. The summed E-state index contributed by atoms with van der Waals surface area (Å²) in [4.78, 5) is 11.7. The molecular weight excluding hydrogens is 375 g/mol. The van der Waals surface area contributed by atoms with Crippen LogP contribution in [0.15, 0.2) is 29.2 Å². The van der Waals surface area contributed by atoms with Crippen molar-refractivity contribution in [2.24, 2.45) is 5.92 Å². The molecule has 0 amide bonds. The quantitative estimate of drug-likeness (QED) is 0.647. The number of sulfonamides is 1. The molecule has 148 valence electrons. The van der Waals surface area contributed by atoms with Crippen LogP contribution in [-0.2, 0) is 19.6 Å². The van der Waals surface area contributed by atoms with E-state index in [1.807, 2.05) is 13.8 Å². The molecule has 0 aliphatic carbocycles. The summed E-state index contributed by atoms with van der Waals surface area (Å²) in [7, 11) is -4.12. The molecule has 0 aromatic heterocycles. The van der Waals surface area contributed by atoms with Gasteiger partial charge in [-0.25, -0.2) is 8.42 Å². The Morgan fingerprint density at radius 2 is 1.77 bits per heavy atom. The van der Waals surface area contributed by atoms with Crippen molar-refractivity contribution in [3.63, 3.8) is 0 Å². The Hall–Kier alpha value is -1.81. The molecular formula is C16H22F3NO5S. The second-order valence-corrected chi connectivity index (χ2v) is 7.41. The first-order chi connectivity index (χ1) is 12.0. The standard InChI is InChI=1S/C16H22F3NO5S/c1-4-11(3)10-14(15(21)24-5-2)20-26(22,23)13-8-6-12(7-9-13)25-16(17,18)19/h6-9,11,14,20H,4-5,10H2,1-3H3/t11?,14-/m0/s1. The van der Waals surface area contributed by atoms with E-state index in [2.05, 4.69) is 9.46 Å². The third kappa shape index (κ3) is 7.20. The minimum atomic E-state index is -4.87. The van der Waals surface area contributed by atoms with Crippen LogP contribution in [0.5, 0.6) is 5.75 Å². The first-order valence-corrected chi connectivity index (χ1v) is 9.51. The lowest BCUT2D eigenvalue weighted by Gasteiger charge is -2.20. The molecule has 0 heterocycles. The fourth-order valence-electron chi connectivity index (χ4n) is 2.08. The van der Waals surface area contributed by atoms with E-state index in [1.54, 1.807) is 6.92 Å². The molecule has 1 aromatic rings. The smallest absolute Gasteiger partial charge is 0.465 e. The van der Waals surface area contributed by atoms with Gasteiger partial charge in [0.15, 0.2) is 0 Å². The summed E-state index contributed by atoms with van der Waals surface area (Å²) in [6.07, 6.45) is -3.89. The third-order valence-corrected chi connectivity index (χ3v) is 5.06. The van der Waals surface area contributed by atoms with E-state index in [4.69, 9.17) is 4.74 Å². The molecule has 1 N–H and O–H groups in total. The molecule has 0 saturated heterocycles. The van der Waals surface area contributed by atoms with Crippen molar-refractivity contribution in [3.05, 3.63) is 24.3 Å². The van der Waals surface area contributed by atoms with E-state index in [-0.39, 0.29) is 23.8 Å². The van der Waals surface area contributed by atoms with Crippen LogP contribution in [0.3, 0.4) is 0 Å². The molecule has 0 fully saturated rings. The first-order valence-electron chi connectivity index (χ1n) is 8.03. The van der Waals surface area contributed by atoms with Crippen molar-refractivity contribution in [2.75, 3.05) is 6.61 Å². The van der Waals surface area contributed by atoms with Gasteiger partial charge in [0.05, 0.1) is 11.5 Å². The largest absolute Gasteiger partial charge is 0.573 e. The summed E-state index contributed by atoms with van der Waals surface area (Å²) in [6.45, 7) is 5.47. The lowest BCUT2D eigenvalue weighted by Crippen LogP contribution is -2.42. The molecule has 0 aliphatic heterocycles. The van der Waals surface area contributed by atoms with E-state index in [9.17, 15) is 26.4 Å². The molecule has 0 bridgehead atoms. The predicted molar refractivity (Wildman–Crippen MR) is 87.9 cm³/mol. The Bertz CT molecular complexity index is 689. The number of benzene rings is 1. The van der Waals surface area contributed by atoms with E-state index in [1.165, 1.54) is 0 Å². The molecule has 0 radical (unpaired) electrons. The van der Waals surface area contributed by atoms with Crippen LogP contribution in [0, 0.1) is 5.92 Å². The van der Waals surface area contributed by atoms with Gasteiger partial charge in [-0.05, 0) is 43.5 Å². The molecule has 6 nitrogen and oxygen atoms in total. The average molecular weight is 397 g/mol. The maximum atomic E-state index is 12.4. The summed E-state index contributed by atoms with van der Waals surface area (Å²) >= 11 is 0. The molecule has 1 unspecified atom stereocenters. The van der Waals surface area contributed by atoms with Crippen molar-refractivity contribution in [1.29, 1.82) is 0 Å². The highest BCUT2D eigenvalue weighted by Crippen LogP contribution is 2.24. The van der Waals surface area contributed by atoms with Crippen molar-refractivity contribution in [1.82, 2.24) is 4.72 Å². The molecule has 0 spiro atoms. The summed E-state index contributed by atoms with van der Waals surface area (Å²) in [5, 5.41) is 0. The van der Waals surface area contributed by atoms with Gasteiger partial charge in [0.1, 0.15) is 11.8 Å². The molecule has 26 heavy (non-hydrogen) atoms. The van der Waals surface area contributed by atoms with Crippen LogP contribution < -0.4 is 9.46 Å². The van der Waals surface area contributed by atoms with Crippen LogP contribution in [0.4, 0.5) is 13.2 Å². The number of carbonyl (C=O) groups is 1. The maximum absolute atomic E-state index is 12.4. The van der Waals surface area contributed by atoms with Crippen LogP contribution in [0.25, 0.3) is 0 Å². The predicted octanol–water partition coefficient (Wildman–Crippen LogP) is 3.23. The molecule has 1 rings (SSSR count). The maximum Gasteiger partial charge on any atom is 0.573 e. The first kappa shape index (κ1) is 22.2. The number of esters is 1. The fraction of sp³-hybridized carbons (Fsp3) is 0.562. The number of nitrogens with one attached hydrogen (secondary N) is 1. The number of hydrogen-bond donors (Lipinski definition) is 1. The summed E-state index contributed by atoms with van der Waals surface area (Å²) in [5.74, 6) is -1.18. The summed E-state index contributed by atoms with van der Waals surface area (Å²) in [6, 6.07) is 2.62. The Morgan fingerprint density at radius 3 is 2.23 bits per heavy atom. The molecule has 0 aliphatic rings. The zero-order valence-corrected chi connectivity index (χ0v) is 15.5. The van der Waals surface area contributed by atoms with E-state index in [0.29, 0.717) is 0 Å². The van der Waals surface area contributed by atoms with Crippen molar-refractivity contribution in [2.45, 2.75) is 50.9 Å². The van der Waals surface area contributed by atoms with Gasteiger partial charge >= 0.3 is 12.3 Å². The van der Waals surface area contributed by atoms with Crippen molar-refractivity contribution < 1.29 is 35.9 Å². The van der Waals surface area contributed by atoms with Crippen LogP contribution in [0.2, 0.25) is 0 Å². The minimum absolute atomic E-state index is 0.0645. The minimum Gasteiger partial charge on any atom is -0.465 e. The van der Waals surface area contributed by atoms with Gasteiger partial charge in [0.2, 0.25) is 10.0 Å². The monoisotopic (exact) mass is 397 g/mol.